The second-order valence-corrected chi connectivity index (χ2v) is 3.30. The van der Waals surface area contributed by atoms with Gasteiger partial charge in [0.25, 0.3) is 0 Å². The number of rotatable bonds is 2. The van der Waals surface area contributed by atoms with Gasteiger partial charge in [-0.2, -0.15) is 0 Å². The maximum Gasteiger partial charge on any atom is 1.00 e. The van der Waals surface area contributed by atoms with Crippen molar-refractivity contribution in [3.8, 4) is 0 Å². The predicted molar refractivity (Wildman–Crippen MR) is 53.9 cm³/mol. The molecule has 2 nitrogen and oxygen atoms in total. The van der Waals surface area contributed by atoms with Crippen LogP contribution in [0.1, 0.15) is 6.99 Å². The van der Waals surface area contributed by atoms with E-state index in [0.29, 0.717) is 0 Å². The zero-order chi connectivity index (χ0) is 9.10. The van der Waals surface area contributed by atoms with E-state index < -0.39 is 0 Å². The molecule has 68 valence electrons. The van der Waals surface area contributed by atoms with E-state index in [1.54, 1.807) is 12.5 Å². The summed E-state index contributed by atoms with van der Waals surface area (Å²) in [5.41, 5.74) is 1.19. The molecular weight excluding hydrogens is 191 g/mol. The Balaban J connectivity index is 0.000000980. The molecule has 0 radical (unpaired) electrons. The third-order valence-corrected chi connectivity index (χ3v) is 2.05. The minimum Gasteiger partial charge on any atom is -1.00 e. The van der Waals surface area contributed by atoms with E-state index in [4.69, 9.17) is 11.6 Å². The summed E-state index contributed by atoms with van der Waals surface area (Å²) in [6, 6.07) is 7.83. The van der Waals surface area contributed by atoms with Crippen molar-refractivity contribution in [2.24, 2.45) is 0 Å². The van der Waals surface area contributed by atoms with Gasteiger partial charge in [0.15, 0.2) is 0 Å². The smallest absolute Gasteiger partial charge is 1.00 e. The molecule has 1 aromatic heterocycles. The molecule has 2 aromatic rings. The van der Waals surface area contributed by atoms with Crippen LogP contribution >= 0.6 is 11.6 Å². The number of hydrogen-bond donors (Lipinski definition) is 0. The average molecular weight is 201 g/mol. The first kappa shape index (κ1) is 11.4. The van der Waals surface area contributed by atoms with Crippen LogP contribution in [0.3, 0.4) is 0 Å². The summed E-state index contributed by atoms with van der Waals surface area (Å²) in [6.07, 6.45) is 5.49. The Kier molecular flexibility index (Phi) is 4.28. The molecule has 0 saturated heterocycles. The molecule has 0 spiro atoms. The van der Waals surface area contributed by atoms with E-state index in [1.165, 1.54) is 5.56 Å². The molecule has 0 aliphatic heterocycles. The van der Waals surface area contributed by atoms with Crippen molar-refractivity contribution >= 4 is 11.6 Å². The van der Waals surface area contributed by atoms with Crippen molar-refractivity contribution in [3.05, 3.63) is 53.6 Å². The molecule has 0 saturated carbocycles. The second kappa shape index (κ2) is 5.26. The Labute approximate surface area is 102 Å². The van der Waals surface area contributed by atoms with Gasteiger partial charge in [-0.15, -0.1) is 0 Å². The van der Waals surface area contributed by atoms with E-state index in [2.05, 4.69) is 4.98 Å². The number of halogens is 1. The van der Waals surface area contributed by atoms with Crippen LogP contribution in [0.25, 0.3) is 0 Å². The van der Waals surface area contributed by atoms with Crippen molar-refractivity contribution in [3.63, 3.8) is 0 Å². The standard InChI is InChI=1S/C10H9ClN2.Li.H/c11-10-3-1-2-9(6-10)7-13-5-4-12-8-13;;/h1-6,8H,7H2;;/q;+1;-1. The van der Waals surface area contributed by atoms with Crippen LogP contribution in [0.15, 0.2) is 43.0 Å². The molecule has 0 unspecified atom stereocenters. The molecule has 0 fully saturated rings. The average Bonchev–Trinajstić information content (AvgIpc) is 2.57. The number of hydrogen-bond acceptors (Lipinski definition) is 1. The third kappa shape index (κ3) is 2.92. The SMILES string of the molecule is Clc1cccc(Cn2ccnc2)c1.[H-].[Li+]. The Morgan fingerprint density at radius 3 is 2.93 bits per heavy atom. The van der Waals surface area contributed by atoms with Gasteiger partial charge in [-0.3, -0.25) is 0 Å². The molecule has 2 rings (SSSR count). The number of imidazole rings is 1. The molecule has 0 bridgehead atoms. The van der Waals surface area contributed by atoms with E-state index in [0.717, 1.165) is 11.6 Å². The van der Waals surface area contributed by atoms with Gasteiger partial charge < -0.3 is 5.99 Å². The van der Waals surface area contributed by atoms with Crippen molar-refractivity contribution < 1.29 is 20.3 Å². The van der Waals surface area contributed by atoms with E-state index in [9.17, 15) is 0 Å². The first-order valence-corrected chi connectivity index (χ1v) is 4.42. The largest absolute Gasteiger partial charge is 1.00 e. The van der Waals surface area contributed by atoms with Crippen molar-refractivity contribution in [2.45, 2.75) is 6.54 Å². The molecular formula is C10H10ClLiN2. The number of aromatic nitrogens is 2. The zero-order valence-electron chi connectivity index (χ0n) is 9.02. The molecule has 4 heteroatoms. The Bertz CT molecular complexity index is 392. The number of benzene rings is 1. The molecule has 0 atom stereocenters. The maximum absolute atomic E-state index is 5.86. The summed E-state index contributed by atoms with van der Waals surface area (Å²) in [6.45, 7) is 0.820. The van der Waals surface area contributed by atoms with Crippen LogP contribution < -0.4 is 18.9 Å². The van der Waals surface area contributed by atoms with Crippen LogP contribution in [0.4, 0.5) is 0 Å². The van der Waals surface area contributed by atoms with Gasteiger partial charge in [0, 0.05) is 24.0 Å². The summed E-state index contributed by atoms with van der Waals surface area (Å²) < 4.78 is 2.01. The number of nitrogens with zero attached hydrogens (tertiary/aromatic N) is 2. The van der Waals surface area contributed by atoms with E-state index >= 15 is 0 Å². The summed E-state index contributed by atoms with van der Waals surface area (Å²) in [4.78, 5) is 3.97. The summed E-state index contributed by atoms with van der Waals surface area (Å²) in [5, 5.41) is 0.776. The molecule has 1 heterocycles. The molecule has 14 heavy (non-hydrogen) atoms. The normalized spacial score (nSPS) is 9.50. The second-order valence-electron chi connectivity index (χ2n) is 2.86. The van der Waals surface area contributed by atoms with Crippen molar-refractivity contribution in [1.82, 2.24) is 9.55 Å². The molecule has 0 N–H and O–H groups in total. The molecule has 1 aromatic carbocycles. The van der Waals surface area contributed by atoms with Crippen LogP contribution in [0.2, 0.25) is 5.02 Å². The zero-order valence-corrected chi connectivity index (χ0v) is 8.78. The van der Waals surface area contributed by atoms with Gasteiger partial charge >= 0.3 is 18.9 Å². The van der Waals surface area contributed by atoms with Gasteiger partial charge in [-0.25, -0.2) is 4.98 Å². The van der Waals surface area contributed by atoms with Crippen LogP contribution in [-0.2, 0) is 6.54 Å². The minimum absolute atomic E-state index is 0. The predicted octanol–water partition coefficient (Wildman–Crippen LogP) is -0.299. The first-order valence-electron chi connectivity index (χ1n) is 4.05. The first-order chi connectivity index (χ1) is 6.34. The summed E-state index contributed by atoms with van der Waals surface area (Å²) in [5.74, 6) is 0. The molecule has 0 amide bonds. The Morgan fingerprint density at radius 2 is 2.29 bits per heavy atom. The van der Waals surface area contributed by atoms with Gasteiger partial charge in [0.2, 0.25) is 0 Å². The Morgan fingerprint density at radius 1 is 1.43 bits per heavy atom. The fraction of sp³-hybridized carbons (Fsp3) is 0.100. The van der Waals surface area contributed by atoms with Gasteiger partial charge in [-0.1, -0.05) is 23.7 Å². The van der Waals surface area contributed by atoms with Gasteiger partial charge in [0.1, 0.15) is 0 Å². The Hall–Kier alpha value is -0.683. The van der Waals surface area contributed by atoms with Crippen molar-refractivity contribution in [2.75, 3.05) is 0 Å². The van der Waals surface area contributed by atoms with E-state index in [-0.39, 0.29) is 20.3 Å². The topological polar surface area (TPSA) is 17.8 Å². The van der Waals surface area contributed by atoms with Crippen molar-refractivity contribution in [1.29, 1.82) is 0 Å². The minimum atomic E-state index is 0. The third-order valence-electron chi connectivity index (χ3n) is 1.81. The quantitative estimate of drug-likeness (QED) is 0.609. The fourth-order valence-electron chi connectivity index (χ4n) is 1.23. The summed E-state index contributed by atoms with van der Waals surface area (Å²) in [7, 11) is 0. The van der Waals surface area contributed by atoms with Crippen LogP contribution in [-0.4, -0.2) is 9.55 Å². The molecule has 0 aliphatic carbocycles. The maximum atomic E-state index is 5.86. The van der Waals surface area contributed by atoms with Crippen LogP contribution in [0, 0.1) is 0 Å². The van der Waals surface area contributed by atoms with Gasteiger partial charge in [-0.05, 0) is 17.7 Å². The van der Waals surface area contributed by atoms with E-state index in [1.807, 2.05) is 35.0 Å². The fourth-order valence-corrected chi connectivity index (χ4v) is 1.44. The molecule has 0 aliphatic rings. The van der Waals surface area contributed by atoms with Gasteiger partial charge in [0.05, 0.1) is 6.33 Å². The monoisotopic (exact) mass is 200 g/mol. The van der Waals surface area contributed by atoms with Crippen LogP contribution in [0.5, 0.6) is 0 Å². The summed E-state index contributed by atoms with van der Waals surface area (Å²) >= 11 is 5.86.